The molecule has 2 unspecified atom stereocenters. The molecular weight excluding hydrogens is 1280 g/mol. The molecule has 102 heavy (non-hydrogen) atoms. The number of phosphoric ester groups is 1. The van der Waals surface area contributed by atoms with Crippen LogP contribution in [0.3, 0.4) is 0 Å². The Morgan fingerprint density at radius 3 is 0.804 bits per heavy atom. The zero-order chi connectivity index (χ0) is 73.6. The fraction of sp³-hybridized carbons (Fsp3) is 0.717. The first kappa shape index (κ1) is 97.9. The van der Waals surface area contributed by atoms with E-state index in [1.807, 2.05) is 0 Å². The summed E-state index contributed by atoms with van der Waals surface area (Å²) in [7, 11) is -4.41. The minimum atomic E-state index is -4.41. The Bertz CT molecular complexity index is 2200. The van der Waals surface area contributed by atoms with Crippen LogP contribution in [-0.2, 0) is 32.7 Å². The van der Waals surface area contributed by atoms with Crippen LogP contribution in [-0.4, -0.2) is 49.3 Å². The largest absolute Gasteiger partial charge is 0.472 e. The molecule has 0 amide bonds. The lowest BCUT2D eigenvalue weighted by Crippen LogP contribution is -2.29. The van der Waals surface area contributed by atoms with Crippen LogP contribution >= 0.6 is 7.82 Å². The van der Waals surface area contributed by atoms with Gasteiger partial charge in [0.2, 0.25) is 0 Å². The van der Waals surface area contributed by atoms with Crippen molar-refractivity contribution in [3.8, 4) is 0 Å². The minimum absolute atomic E-state index is 0.0435. The summed E-state index contributed by atoms with van der Waals surface area (Å²) in [5, 5.41) is 0. The SMILES string of the molecule is CC/C=C\C/C=C\C/C=C\C/C=C\C/C=C\C/C=C\C/C=C\C/C=C\C/C=C\C/C=C\C/C=C\C/C=C\CCCCCCC(=O)OC(COC(=O)CCCCCCCCCCCCCCCCCCCCCCCCCCCCCCCCCCCCCCCCCC)COP(=O)(O)OCCN. The maximum atomic E-state index is 12.8. The lowest BCUT2D eigenvalue weighted by molar-refractivity contribution is -0.161. The fourth-order valence-corrected chi connectivity index (χ4v) is 13.0. The summed E-state index contributed by atoms with van der Waals surface area (Å²) in [6.07, 6.45) is 124. The molecule has 586 valence electrons. The Morgan fingerprint density at radius 2 is 0.539 bits per heavy atom. The molecule has 0 fully saturated rings. The first-order chi connectivity index (χ1) is 50.3. The molecule has 9 nitrogen and oxygen atoms in total. The number of hydrogen-bond donors (Lipinski definition) is 2. The van der Waals surface area contributed by atoms with Crippen molar-refractivity contribution in [2.24, 2.45) is 5.73 Å². The van der Waals surface area contributed by atoms with Gasteiger partial charge in [-0.3, -0.25) is 18.6 Å². The molecule has 0 rings (SSSR count). The van der Waals surface area contributed by atoms with Gasteiger partial charge in [-0.1, -0.05) is 423 Å². The van der Waals surface area contributed by atoms with Gasteiger partial charge in [-0.25, -0.2) is 4.57 Å². The average Bonchev–Trinajstić information content (AvgIpc) is 0.948. The number of unbranched alkanes of at least 4 members (excludes halogenated alkanes) is 43. The van der Waals surface area contributed by atoms with Crippen LogP contribution in [0.2, 0.25) is 0 Å². The molecule has 0 aromatic rings. The highest BCUT2D eigenvalue weighted by Crippen LogP contribution is 2.43. The number of esters is 2. The molecule has 0 aromatic carbocycles. The summed E-state index contributed by atoms with van der Waals surface area (Å²) in [5.41, 5.74) is 5.42. The summed E-state index contributed by atoms with van der Waals surface area (Å²) in [5.74, 6) is -0.851. The second-order valence-electron chi connectivity index (χ2n) is 28.3. The topological polar surface area (TPSA) is 134 Å². The van der Waals surface area contributed by atoms with Crippen molar-refractivity contribution in [1.29, 1.82) is 0 Å². The first-order valence-electron chi connectivity index (χ1n) is 42.8. The molecule has 0 aliphatic rings. The zero-order valence-corrected chi connectivity index (χ0v) is 67.2. The number of carbonyl (C=O) groups excluding carboxylic acids is 2. The van der Waals surface area contributed by atoms with Gasteiger partial charge in [0.25, 0.3) is 0 Å². The summed E-state index contributed by atoms with van der Waals surface area (Å²) >= 11 is 0. The smallest absolute Gasteiger partial charge is 0.462 e. The third kappa shape index (κ3) is 84.8. The molecule has 0 radical (unpaired) electrons. The summed E-state index contributed by atoms with van der Waals surface area (Å²) < 4.78 is 33.3. The van der Waals surface area contributed by atoms with Crippen molar-refractivity contribution in [2.45, 2.75) is 399 Å². The predicted molar refractivity (Wildman–Crippen MR) is 445 cm³/mol. The zero-order valence-electron chi connectivity index (χ0n) is 66.3. The highest BCUT2D eigenvalue weighted by Gasteiger charge is 2.26. The number of hydrogen-bond acceptors (Lipinski definition) is 8. The highest BCUT2D eigenvalue weighted by atomic mass is 31.2. The fourth-order valence-electron chi connectivity index (χ4n) is 12.2. The third-order valence-corrected chi connectivity index (χ3v) is 19.5. The van der Waals surface area contributed by atoms with Crippen LogP contribution in [0, 0.1) is 0 Å². The monoisotopic (exact) mass is 1440 g/mol. The molecule has 3 N–H and O–H groups in total. The first-order valence-corrected chi connectivity index (χ1v) is 44.3. The van der Waals surface area contributed by atoms with Gasteiger partial charge < -0.3 is 20.1 Å². The summed E-state index contributed by atoms with van der Waals surface area (Å²) in [6, 6.07) is 0. The Morgan fingerprint density at radius 1 is 0.304 bits per heavy atom. The standard InChI is InChI=1S/C92H160NO8P/c1-3-5-7-9-11-13-15-17-19-21-23-25-27-29-31-33-35-37-39-41-43-45-47-49-51-53-55-57-59-61-63-65-67-69-71-73-75-77-79-81-83-85-92(95)101-90(89-100-102(96,97)99-87-86-93)88-98-91(94)84-82-80-78-76-74-72-70-68-66-64-62-60-58-56-54-52-50-48-46-44-42-40-38-36-34-32-30-28-26-24-22-20-18-16-14-12-10-8-6-4-2/h5,7,11,13,17,19,23,25,29,31,35,37,41,43,47,49,53,55,59,61,65,67,71,73,90H,3-4,6,8-10,12,14-16,18,20-22,24,26-28,30,32-34,36,38-40,42,44-46,48,50-52,54,56-58,60,62-64,66,68-70,72,74-89,93H2,1-2H3,(H,96,97)/b7-5-,13-11-,19-17-,25-23-,31-29-,37-35-,43-41-,49-47-,55-53-,61-59-,67-65-,73-71-. The van der Waals surface area contributed by atoms with Gasteiger partial charge in [-0.2, -0.15) is 0 Å². The van der Waals surface area contributed by atoms with Crippen molar-refractivity contribution in [3.05, 3.63) is 146 Å². The van der Waals surface area contributed by atoms with Crippen LogP contribution in [0.15, 0.2) is 146 Å². The number of nitrogens with two attached hydrogens (primary N) is 1. The van der Waals surface area contributed by atoms with E-state index in [0.29, 0.717) is 6.42 Å². The predicted octanol–water partition coefficient (Wildman–Crippen LogP) is 29.3. The van der Waals surface area contributed by atoms with Crippen molar-refractivity contribution in [2.75, 3.05) is 26.4 Å². The molecule has 0 saturated carbocycles. The van der Waals surface area contributed by atoms with E-state index in [1.165, 1.54) is 238 Å². The van der Waals surface area contributed by atoms with Gasteiger partial charge >= 0.3 is 19.8 Å². The Labute approximate surface area is 630 Å². The molecular formula is C92H160NO8P. The second kappa shape index (κ2) is 85.8. The molecule has 10 heteroatoms. The molecule has 2 atom stereocenters. The Kier molecular flexibility index (Phi) is 82.4. The molecule has 0 bridgehead atoms. The van der Waals surface area contributed by atoms with Gasteiger partial charge in [0.05, 0.1) is 13.2 Å². The molecule has 0 spiro atoms. The summed E-state index contributed by atoms with van der Waals surface area (Å²) in [6.45, 7) is 3.64. The van der Waals surface area contributed by atoms with Gasteiger partial charge in [0.1, 0.15) is 6.61 Å². The van der Waals surface area contributed by atoms with Crippen LogP contribution in [0.4, 0.5) is 0 Å². The van der Waals surface area contributed by atoms with E-state index in [4.69, 9.17) is 24.3 Å². The highest BCUT2D eigenvalue weighted by molar-refractivity contribution is 7.47. The van der Waals surface area contributed by atoms with Gasteiger partial charge in [0, 0.05) is 19.4 Å². The number of phosphoric acid groups is 1. The second-order valence-corrected chi connectivity index (χ2v) is 29.8. The molecule has 0 aliphatic heterocycles. The Balaban J connectivity index is 3.87. The van der Waals surface area contributed by atoms with E-state index in [9.17, 15) is 19.0 Å². The number of rotatable bonds is 80. The van der Waals surface area contributed by atoms with Crippen LogP contribution in [0.5, 0.6) is 0 Å². The van der Waals surface area contributed by atoms with Gasteiger partial charge in [-0.15, -0.1) is 0 Å². The lowest BCUT2D eigenvalue weighted by Gasteiger charge is -2.19. The lowest BCUT2D eigenvalue weighted by atomic mass is 10.0. The van der Waals surface area contributed by atoms with Gasteiger partial charge in [-0.05, 0) is 103 Å². The maximum Gasteiger partial charge on any atom is 0.472 e. The van der Waals surface area contributed by atoms with Crippen LogP contribution in [0.1, 0.15) is 393 Å². The quantitative estimate of drug-likeness (QED) is 0.0264. The Hall–Kier alpha value is -4.11. The average molecular weight is 1440 g/mol. The van der Waals surface area contributed by atoms with Crippen molar-refractivity contribution in [1.82, 2.24) is 0 Å². The third-order valence-electron chi connectivity index (χ3n) is 18.5. The van der Waals surface area contributed by atoms with E-state index >= 15 is 0 Å². The van der Waals surface area contributed by atoms with Crippen molar-refractivity contribution >= 4 is 19.8 Å². The van der Waals surface area contributed by atoms with Crippen molar-refractivity contribution in [3.63, 3.8) is 0 Å². The van der Waals surface area contributed by atoms with E-state index in [-0.39, 0.29) is 38.6 Å². The van der Waals surface area contributed by atoms with Crippen LogP contribution < -0.4 is 5.73 Å². The molecule has 0 aliphatic carbocycles. The van der Waals surface area contributed by atoms with Crippen LogP contribution in [0.25, 0.3) is 0 Å². The normalized spacial score (nSPS) is 13.6. The molecule has 0 aromatic heterocycles. The van der Waals surface area contributed by atoms with Crippen molar-refractivity contribution < 1.29 is 37.6 Å². The maximum absolute atomic E-state index is 12.8. The number of ether oxygens (including phenoxy) is 2. The van der Waals surface area contributed by atoms with E-state index in [1.54, 1.807) is 0 Å². The molecule has 0 heterocycles. The number of carbonyl (C=O) groups is 2. The number of allylic oxidation sites excluding steroid dienone is 24. The molecule has 0 saturated heterocycles. The summed E-state index contributed by atoms with van der Waals surface area (Å²) in [4.78, 5) is 35.5. The van der Waals surface area contributed by atoms with E-state index in [0.717, 1.165) is 122 Å². The van der Waals surface area contributed by atoms with Gasteiger partial charge in [0.15, 0.2) is 6.10 Å². The minimum Gasteiger partial charge on any atom is -0.462 e. The van der Waals surface area contributed by atoms with E-state index in [2.05, 4.69) is 160 Å². The van der Waals surface area contributed by atoms with E-state index < -0.39 is 26.5 Å².